The number of nitrogens with one attached hydrogen (secondary N) is 2. The van der Waals surface area contributed by atoms with Crippen LogP contribution in [0.25, 0.3) is 21.6 Å². The number of carboxylic acid groups (broad SMARTS) is 1. The molecule has 0 saturated heterocycles. The fourth-order valence-electron chi connectivity index (χ4n) is 3.34. The lowest BCUT2D eigenvalue weighted by Crippen LogP contribution is -2.07. The number of aromatic nitrogens is 2. The number of rotatable bonds is 7. The van der Waals surface area contributed by atoms with Crippen molar-refractivity contribution in [1.29, 1.82) is 0 Å². The minimum absolute atomic E-state index is 0.197. The number of benzene rings is 2. The van der Waals surface area contributed by atoms with E-state index in [9.17, 15) is 9.90 Å². The molecular weight excluding hydrogens is 396 g/mol. The van der Waals surface area contributed by atoms with Crippen LogP contribution in [-0.2, 0) is 6.54 Å². The summed E-state index contributed by atoms with van der Waals surface area (Å²) in [5.41, 5.74) is 4.63. The molecule has 0 unspecified atom stereocenters. The summed E-state index contributed by atoms with van der Waals surface area (Å²) >= 11 is 1.51. The minimum Gasteiger partial charge on any atom is -0.478 e. The van der Waals surface area contributed by atoms with Crippen LogP contribution in [0.2, 0.25) is 0 Å². The van der Waals surface area contributed by atoms with Gasteiger partial charge >= 0.3 is 5.97 Å². The lowest BCUT2D eigenvalue weighted by atomic mass is 10.0. The number of aryl methyl sites for hydroxylation is 1. The Kier molecular flexibility index (Phi) is 5.63. The molecule has 7 heteroatoms. The number of carbonyl (C=O) groups is 1. The van der Waals surface area contributed by atoms with E-state index in [-0.39, 0.29) is 5.56 Å². The Bertz CT molecular complexity index is 1220. The first-order valence-corrected chi connectivity index (χ1v) is 10.6. The van der Waals surface area contributed by atoms with E-state index in [0.29, 0.717) is 17.9 Å². The molecule has 4 rings (SSSR count). The summed E-state index contributed by atoms with van der Waals surface area (Å²) < 4.78 is 0. The fourth-order valence-corrected chi connectivity index (χ4v) is 4.08. The molecular formula is C23H22N4O2S. The van der Waals surface area contributed by atoms with E-state index in [1.54, 1.807) is 12.3 Å². The predicted octanol–water partition coefficient (Wildman–Crippen LogP) is 5.41. The Morgan fingerprint density at radius 2 is 2.03 bits per heavy atom. The number of nitrogens with zero attached hydrogens (tertiary/aromatic N) is 2. The third-order valence-corrected chi connectivity index (χ3v) is 5.66. The van der Waals surface area contributed by atoms with Crippen LogP contribution >= 0.6 is 11.3 Å². The van der Waals surface area contributed by atoms with E-state index in [4.69, 9.17) is 0 Å². The summed E-state index contributed by atoms with van der Waals surface area (Å²) in [5, 5.41) is 19.4. The second kappa shape index (κ2) is 8.51. The van der Waals surface area contributed by atoms with Crippen molar-refractivity contribution in [3.8, 4) is 11.4 Å². The van der Waals surface area contributed by atoms with Gasteiger partial charge in [-0.3, -0.25) is 0 Å². The van der Waals surface area contributed by atoms with E-state index in [0.717, 1.165) is 39.3 Å². The van der Waals surface area contributed by atoms with Gasteiger partial charge in [0.25, 0.3) is 0 Å². The lowest BCUT2D eigenvalue weighted by Gasteiger charge is -2.14. The standard InChI is InChI=1S/C23H22N4O2S/c1-3-24-17-6-4-5-15(10-17)12-25-20-11-18(19(23(28)29)9-14(20)2)21-26-13-16-7-8-30-22(16)27-21/h4-11,13,24-25H,3,12H2,1-2H3,(H,28,29). The normalized spacial score (nSPS) is 10.9. The average Bonchev–Trinajstić information content (AvgIpc) is 3.21. The molecule has 0 atom stereocenters. The molecule has 6 nitrogen and oxygen atoms in total. The maximum absolute atomic E-state index is 11.9. The quantitative estimate of drug-likeness (QED) is 0.372. The predicted molar refractivity (Wildman–Crippen MR) is 122 cm³/mol. The Labute approximate surface area is 178 Å². The zero-order valence-corrected chi connectivity index (χ0v) is 17.6. The zero-order valence-electron chi connectivity index (χ0n) is 16.8. The topological polar surface area (TPSA) is 87.1 Å². The van der Waals surface area contributed by atoms with Crippen molar-refractivity contribution in [3.05, 3.63) is 70.7 Å². The van der Waals surface area contributed by atoms with Gasteiger partial charge in [-0.1, -0.05) is 12.1 Å². The van der Waals surface area contributed by atoms with Crippen molar-refractivity contribution in [2.75, 3.05) is 17.2 Å². The van der Waals surface area contributed by atoms with E-state index < -0.39 is 5.97 Å². The number of anilines is 2. The SMILES string of the molecule is CCNc1cccc(CNc2cc(-c3ncc4ccsc4n3)c(C(=O)O)cc2C)c1. The Morgan fingerprint density at radius 3 is 2.83 bits per heavy atom. The molecule has 2 aromatic carbocycles. The molecule has 0 spiro atoms. The first kappa shape index (κ1) is 19.8. The summed E-state index contributed by atoms with van der Waals surface area (Å²) in [5.74, 6) is -0.576. The molecule has 2 aromatic heterocycles. The van der Waals surface area contributed by atoms with Crippen LogP contribution in [-0.4, -0.2) is 27.6 Å². The maximum Gasteiger partial charge on any atom is 0.336 e. The van der Waals surface area contributed by atoms with Crippen LogP contribution < -0.4 is 10.6 Å². The van der Waals surface area contributed by atoms with Gasteiger partial charge in [0.05, 0.1) is 5.56 Å². The second-order valence-electron chi connectivity index (χ2n) is 6.98. The third-order valence-electron chi connectivity index (χ3n) is 4.83. The highest BCUT2D eigenvalue weighted by atomic mass is 32.1. The molecule has 0 aliphatic rings. The molecule has 0 radical (unpaired) electrons. The van der Waals surface area contributed by atoms with Crippen molar-refractivity contribution in [3.63, 3.8) is 0 Å². The van der Waals surface area contributed by atoms with Crippen LogP contribution in [0.5, 0.6) is 0 Å². The number of aromatic carboxylic acids is 1. The van der Waals surface area contributed by atoms with Gasteiger partial charge < -0.3 is 15.7 Å². The molecule has 0 amide bonds. The summed E-state index contributed by atoms with van der Waals surface area (Å²) in [4.78, 5) is 21.7. The van der Waals surface area contributed by atoms with Crippen LogP contribution in [0.3, 0.4) is 0 Å². The Hall–Kier alpha value is -3.45. The Balaban J connectivity index is 1.68. The van der Waals surface area contributed by atoms with Gasteiger partial charge in [-0.15, -0.1) is 11.3 Å². The first-order valence-electron chi connectivity index (χ1n) is 9.70. The summed E-state index contributed by atoms with van der Waals surface area (Å²) in [6.45, 7) is 5.45. The fraction of sp³-hybridized carbons (Fsp3) is 0.174. The second-order valence-corrected chi connectivity index (χ2v) is 7.87. The minimum atomic E-state index is -0.993. The van der Waals surface area contributed by atoms with Crippen LogP contribution in [0.15, 0.2) is 54.0 Å². The smallest absolute Gasteiger partial charge is 0.336 e. The van der Waals surface area contributed by atoms with Crippen LogP contribution in [0.1, 0.15) is 28.4 Å². The molecule has 3 N–H and O–H groups in total. The highest BCUT2D eigenvalue weighted by Gasteiger charge is 2.17. The summed E-state index contributed by atoms with van der Waals surface area (Å²) in [6, 6.07) is 13.7. The van der Waals surface area contributed by atoms with Crippen molar-refractivity contribution >= 4 is 38.9 Å². The summed E-state index contributed by atoms with van der Waals surface area (Å²) in [6.07, 6.45) is 1.74. The number of thiophene rings is 1. The molecule has 0 aliphatic heterocycles. The highest BCUT2D eigenvalue weighted by Crippen LogP contribution is 2.30. The number of hydrogen-bond donors (Lipinski definition) is 3. The van der Waals surface area contributed by atoms with Crippen molar-refractivity contribution in [2.24, 2.45) is 0 Å². The van der Waals surface area contributed by atoms with Crippen molar-refractivity contribution in [2.45, 2.75) is 20.4 Å². The molecule has 152 valence electrons. The largest absolute Gasteiger partial charge is 0.478 e. The molecule has 2 heterocycles. The van der Waals surface area contributed by atoms with E-state index in [2.05, 4.69) is 39.7 Å². The van der Waals surface area contributed by atoms with Gasteiger partial charge in [0.15, 0.2) is 5.82 Å². The number of fused-ring (bicyclic) bond motifs is 1. The van der Waals surface area contributed by atoms with Crippen LogP contribution in [0, 0.1) is 6.92 Å². The van der Waals surface area contributed by atoms with Gasteiger partial charge in [0, 0.05) is 41.6 Å². The molecule has 0 saturated carbocycles. The van der Waals surface area contributed by atoms with Gasteiger partial charge in [0.1, 0.15) is 4.83 Å². The molecule has 30 heavy (non-hydrogen) atoms. The third kappa shape index (κ3) is 4.11. The highest BCUT2D eigenvalue weighted by molar-refractivity contribution is 7.16. The lowest BCUT2D eigenvalue weighted by molar-refractivity contribution is 0.0697. The van der Waals surface area contributed by atoms with E-state index >= 15 is 0 Å². The molecule has 4 aromatic rings. The van der Waals surface area contributed by atoms with E-state index in [1.807, 2.05) is 36.6 Å². The molecule has 0 aliphatic carbocycles. The monoisotopic (exact) mass is 418 g/mol. The molecule has 0 bridgehead atoms. The Morgan fingerprint density at radius 1 is 1.17 bits per heavy atom. The number of carboxylic acids is 1. The van der Waals surface area contributed by atoms with Crippen molar-refractivity contribution < 1.29 is 9.90 Å². The maximum atomic E-state index is 11.9. The van der Waals surface area contributed by atoms with E-state index in [1.165, 1.54) is 11.3 Å². The zero-order chi connectivity index (χ0) is 21.1. The first-order chi connectivity index (χ1) is 14.5. The molecule has 0 fully saturated rings. The van der Waals surface area contributed by atoms with Gasteiger partial charge in [-0.25, -0.2) is 14.8 Å². The summed E-state index contributed by atoms with van der Waals surface area (Å²) in [7, 11) is 0. The number of hydrogen-bond acceptors (Lipinski definition) is 6. The van der Waals surface area contributed by atoms with Crippen LogP contribution in [0.4, 0.5) is 11.4 Å². The van der Waals surface area contributed by atoms with Gasteiger partial charge in [-0.2, -0.15) is 0 Å². The van der Waals surface area contributed by atoms with Gasteiger partial charge in [-0.05, 0) is 60.7 Å². The van der Waals surface area contributed by atoms with Crippen molar-refractivity contribution in [1.82, 2.24) is 9.97 Å². The average molecular weight is 419 g/mol. The van der Waals surface area contributed by atoms with Gasteiger partial charge in [0.2, 0.25) is 0 Å².